The zero-order valence-corrected chi connectivity index (χ0v) is 9.44. The number of phosphoric ester groups is 2. The summed E-state index contributed by atoms with van der Waals surface area (Å²) in [6.07, 6.45) is 0. The highest BCUT2D eigenvalue weighted by atomic mass is 31.3. The van der Waals surface area contributed by atoms with Gasteiger partial charge < -0.3 is 9.05 Å². The first kappa shape index (κ1) is 14.3. The average Bonchev–Trinajstić information content (AvgIpc) is 1.73. The average molecular weight is 262 g/mol. The normalized spacial score (nSPS) is 18.4. The van der Waals surface area contributed by atoms with Crippen molar-refractivity contribution in [1.29, 1.82) is 0 Å². The second-order valence-electron chi connectivity index (χ2n) is 2.18. The molecule has 0 saturated heterocycles. The van der Waals surface area contributed by atoms with Crippen LogP contribution < -0.4 is 0 Å². The van der Waals surface area contributed by atoms with E-state index in [0.29, 0.717) is 0 Å². The van der Waals surface area contributed by atoms with Gasteiger partial charge >= 0.3 is 27.6 Å². The summed E-state index contributed by atoms with van der Waals surface area (Å²) in [5, 5.41) is 0. The fourth-order valence-electron chi connectivity index (χ4n) is 0.489. The number of phosphoric acid groups is 2. The minimum atomic E-state index is -5.07. The molecular weight excluding hydrogens is 254 g/mol. The third-order valence-corrected chi connectivity index (χ3v) is 3.32. The van der Waals surface area contributed by atoms with Crippen LogP contribution in [0, 0.1) is 0 Å². The van der Waals surface area contributed by atoms with E-state index in [2.05, 4.69) is 13.4 Å². The van der Waals surface area contributed by atoms with Crippen molar-refractivity contribution in [3.63, 3.8) is 0 Å². The zero-order chi connectivity index (χ0) is 12.3. The molecule has 0 aromatic heterocycles. The molecule has 15 heavy (non-hydrogen) atoms. The van der Waals surface area contributed by atoms with Crippen LogP contribution in [0.4, 0.5) is 0 Å². The Morgan fingerprint density at radius 1 is 0.933 bits per heavy atom. The molecule has 0 rings (SSSR count). The molecule has 2 N–H and O–H groups in total. The van der Waals surface area contributed by atoms with Crippen LogP contribution in [-0.2, 0) is 32.1 Å². The molecule has 0 radical (unpaired) electrons. The lowest BCUT2D eigenvalue weighted by Crippen LogP contribution is -2.02. The molecule has 88 valence electrons. The Morgan fingerprint density at radius 3 is 1.40 bits per heavy atom. The fourth-order valence-corrected chi connectivity index (χ4v) is 2.45. The fraction of sp³-hybridized carbons (Fsp3) is 0.500. The second-order valence-corrected chi connectivity index (χ2v) is 5.08. The Bertz CT molecular complexity index is 325. The third kappa shape index (κ3) is 7.24. The van der Waals surface area contributed by atoms with Crippen LogP contribution in [0.15, 0.2) is 0 Å². The molecule has 0 saturated carbocycles. The SMILES string of the molecule is CC(=O)OP(=O)(O)OP(=O)(O)OC(C)=O. The van der Waals surface area contributed by atoms with Gasteiger partial charge in [0.15, 0.2) is 0 Å². The summed E-state index contributed by atoms with van der Waals surface area (Å²) in [6, 6.07) is 0. The molecule has 0 amide bonds. The van der Waals surface area contributed by atoms with Crippen LogP contribution in [0.25, 0.3) is 0 Å². The third-order valence-electron chi connectivity index (χ3n) is 0.694. The minimum Gasteiger partial charge on any atom is -0.371 e. The zero-order valence-electron chi connectivity index (χ0n) is 7.65. The molecule has 9 nitrogen and oxygen atoms in total. The van der Waals surface area contributed by atoms with Gasteiger partial charge in [-0.3, -0.25) is 19.4 Å². The quantitative estimate of drug-likeness (QED) is 0.686. The highest BCUT2D eigenvalue weighted by molar-refractivity contribution is 7.61. The molecule has 0 heterocycles. The van der Waals surface area contributed by atoms with Gasteiger partial charge in [-0.2, -0.15) is 4.31 Å². The van der Waals surface area contributed by atoms with E-state index < -0.39 is 27.6 Å². The molecule has 0 fully saturated rings. The Hall–Kier alpha value is -0.720. The highest BCUT2D eigenvalue weighted by Crippen LogP contribution is 2.60. The number of hydrogen-bond acceptors (Lipinski definition) is 7. The lowest BCUT2D eigenvalue weighted by molar-refractivity contribution is -0.133. The predicted octanol–water partition coefficient (Wildman–Crippen LogP) is 0.330. The van der Waals surface area contributed by atoms with Crippen LogP contribution in [0.1, 0.15) is 13.8 Å². The van der Waals surface area contributed by atoms with Crippen molar-refractivity contribution in [2.75, 3.05) is 0 Å². The molecule has 11 heteroatoms. The van der Waals surface area contributed by atoms with E-state index in [9.17, 15) is 18.7 Å². The van der Waals surface area contributed by atoms with Crippen molar-refractivity contribution in [3.8, 4) is 0 Å². The predicted molar refractivity (Wildman–Crippen MR) is 44.3 cm³/mol. The first-order valence-electron chi connectivity index (χ1n) is 3.31. The van der Waals surface area contributed by atoms with E-state index >= 15 is 0 Å². The van der Waals surface area contributed by atoms with Crippen molar-refractivity contribution in [2.24, 2.45) is 0 Å². The number of rotatable bonds is 4. The summed E-state index contributed by atoms with van der Waals surface area (Å²) in [7, 11) is -10.1. The molecule has 0 aliphatic heterocycles. The Morgan fingerprint density at radius 2 is 1.20 bits per heavy atom. The molecule has 0 aliphatic rings. The van der Waals surface area contributed by atoms with Gasteiger partial charge in [-0.25, -0.2) is 9.13 Å². The summed E-state index contributed by atoms with van der Waals surface area (Å²) in [4.78, 5) is 37.9. The van der Waals surface area contributed by atoms with E-state index in [-0.39, 0.29) is 0 Å². The molecule has 2 atom stereocenters. The van der Waals surface area contributed by atoms with Crippen molar-refractivity contribution in [1.82, 2.24) is 0 Å². The van der Waals surface area contributed by atoms with E-state index in [4.69, 9.17) is 9.79 Å². The van der Waals surface area contributed by atoms with Gasteiger partial charge in [-0.15, -0.1) is 0 Å². The number of carbonyl (C=O) groups is 2. The van der Waals surface area contributed by atoms with Crippen LogP contribution in [0.3, 0.4) is 0 Å². The van der Waals surface area contributed by atoms with Crippen LogP contribution in [0.2, 0.25) is 0 Å². The monoisotopic (exact) mass is 262 g/mol. The lowest BCUT2D eigenvalue weighted by Gasteiger charge is -2.13. The van der Waals surface area contributed by atoms with Gasteiger partial charge in [-0.1, -0.05) is 0 Å². The topological polar surface area (TPSA) is 136 Å². The van der Waals surface area contributed by atoms with Crippen molar-refractivity contribution in [3.05, 3.63) is 0 Å². The minimum absolute atomic E-state index is 0.778. The Labute approximate surface area is 84.2 Å². The maximum Gasteiger partial charge on any atom is 0.539 e. The van der Waals surface area contributed by atoms with Crippen molar-refractivity contribution in [2.45, 2.75) is 13.8 Å². The van der Waals surface area contributed by atoms with Crippen LogP contribution >= 0.6 is 15.6 Å². The Balaban J connectivity index is 4.57. The molecule has 0 aliphatic carbocycles. The van der Waals surface area contributed by atoms with Crippen molar-refractivity contribution < 1.29 is 41.9 Å². The molecular formula is C4H8O9P2. The number of hydrogen-bond donors (Lipinski definition) is 2. The first-order chi connectivity index (χ1) is 6.54. The molecule has 0 bridgehead atoms. The summed E-state index contributed by atoms with van der Waals surface area (Å²) in [5.74, 6) is -2.41. The lowest BCUT2D eigenvalue weighted by atomic mass is 10.9. The van der Waals surface area contributed by atoms with E-state index in [0.717, 1.165) is 13.8 Å². The first-order valence-corrected chi connectivity index (χ1v) is 6.30. The standard InChI is InChI=1S/C4H8O9P2/c1-3(5)11-14(7,8)13-15(9,10)12-4(2)6/h1-2H3,(H,7,8)(H,9,10). The summed E-state index contributed by atoms with van der Waals surface area (Å²) in [6.45, 7) is 1.56. The molecule has 2 unspecified atom stereocenters. The van der Waals surface area contributed by atoms with E-state index in [1.807, 2.05) is 0 Å². The Kier molecular flexibility index (Phi) is 4.64. The highest BCUT2D eigenvalue weighted by Gasteiger charge is 2.39. The summed E-state index contributed by atoms with van der Waals surface area (Å²) in [5.41, 5.74) is 0. The van der Waals surface area contributed by atoms with Gasteiger partial charge in [0.1, 0.15) is 0 Å². The smallest absolute Gasteiger partial charge is 0.371 e. The molecule has 0 aromatic rings. The maximum absolute atomic E-state index is 10.8. The van der Waals surface area contributed by atoms with E-state index in [1.54, 1.807) is 0 Å². The van der Waals surface area contributed by atoms with Gasteiger partial charge in [0.25, 0.3) is 0 Å². The second kappa shape index (κ2) is 4.87. The van der Waals surface area contributed by atoms with Gasteiger partial charge in [0.05, 0.1) is 0 Å². The summed E-state index contributed by atoms with van der Waals surface area (Å²) >= 11 is 0. The van der Waals surface area contributed by atoms with Crippen LogP contribution in [-0.4, -0.2) is 21.7 Å². The van der Waals surface area contributed by atoms with Gasteiger partial charge in [-0.05, 0) is 0 Å². The number of carbonyl (C=O) groups excluding carboxylic acids is 2. The van der Waals surface area contributed by atoms with Crippen molar-refractivity contribution >= 4 is 27.6 Å². The molecule has 0 aromatic carbocycles. The molecule has 0 spiro atoms. The largest absolute Gasteiger partial charge is 0.539 e. The van der Waals surface area contributed by atoms with E-state index in [1.165, 1.54) is 0 Å². The van der Waals surface area contributed by atoms with Gasteiger partial charge in [0.2, 0.25) is 0 Å². The summed E-state index contributed by atoms with van der Waals surface area (Å²) < 4.78 is 32.5. The van der Waals surface area contributed by atoms with Gasteiger partial charge in [0, 0.05) is 13.8 Å². The maximum atomic E-state index is 10.8. The van der Waals surface area contributed by atoms with Crippen LogP contribution in [0.5, 0.6) is 0 Å².